The highest BCUT2D eigenvalue weighted by atomic mass is 16.2. The maximum absolute atomic E-state index is 12.3. The number of carbonyl (C=O) groups excluding carboxylic acids is 1. The van der Waals surface area contributed by atoms with Gasteiger partial charge in [-0.2, -0.15) is 5.10 Å². The minimum Gasteiger partial charge on any atom is -0.298 e. The van der Waals surface area contributed by atoms with Crippen molar-refractivity contribution in [3.05, 3.63) is 48.0 Å². The molecular weight excluding hydrogens is 238 g/mol. The number of hydrogen-bond donors (Lipinski definition) is 0. The molecule has 0 unspecified atom stereocenters. The van der Waals surface area contributed by atoms with Crippen LogP contribution in [0.4, 0.5) is 0 Å². The van der Waals surface area contributed by atoms with Gasteiger partial charge in [0.1, 0.15) is 6.34 Å². The fourth-order valence-electron chi connectivity index (χ4n) is 2.70. The van der Waals surface area contributed by atoms with Crippen LogP contribution in [-0.4, -0.2) is 28.9 Å². The summed E-state index contributed by atoms with van der Waals surface area (Å²) in [4.78, 5) is 12.3. The standard InChI is InChI=1S/C15H11N3O/c1-17-15(19)12-7-4-6-11-10-5-2-3-8-13(10)18(9-16-17)14(11)12/h2-9H,1H3. The van der Waals surface area contributed by atoms with Crippen molar-refractivity contribution in [2.45, 2.75) is 0 Å². The summed E-state index contributed by atoms with van der Waals surface area (Å²) in [5.74, 6) is -0.0802. The molecule has 0 saturated heterocycles. The third-order valence-corrected chi connectivity index (χ3v) is 3.60. The Hall–Kier alpha value is -2.62. The monoisotopic (exact) mass is 249 g/mol. The first-order valence-electron chi connectivity index (χ1n) is 6.11. The van der Waals surface area contributed by atoms with E-state index in [0.717, 1.165) is 21.8 Å². The van der Waals surface area contributed by atoms with E-state index in [9.17, 15) is 4.79 Å². The number of rotatable bonds is 0. The van der Waals surface area contributed by atoms with Gasteiger partial charge in [-0.05, 0) is 12.1 Å². The van der Waals surface area contributed by atoms with E-state index < -0.39 is 0 Å². The molecule has 4 heteroatoms. The maximum atomic E-state index is 12.3. The van der Waals surface area contributed by atoms with Crippen LogP contribution in [0.2, 0.25) is 0 Å². The van der Waals surface area contributed by atoms with E-state index in [1.807, 2.05) is 41.0 Å². The number of amides is 1. The summed E-state index contributed by atoms with van der Waals surface area (Å²) in [5.41, 5.74) is 2.69. The summed E-state index contributed by atoms with van der Waals surface area (Å²) in [6.07, 6.45) is 1.71. The molecule has 1 aliphatic rings. The fraction of sp³-hybridized carbons (Fsp3) is 0.0667. The molecule has 92 valence electrons. The highest BCUT2D eigenvalue weighted by Gasteiger charge is 2.21. The lowest BCUT2D eigenvalue weighted by Crippen LogP contribution is -2.20. The average molecular weight is 249 g/mol. The van der Waals surface area contributed by atoms with Gasteiger partial charge in [0.05, 0.1) is 16.6 Å². The Morgan fingerprint density at radius 1 is 1.00 bits per heavy atom. The van der Waals surface area contributed by atoms with Gasteiger partial charge in [0.15, 0.2) is 0 Å². The van der Waals surface area contributed by atoms with Gasteiger partial charge in [0.25, 0.3) is 5.91 Å². The zero-order valence-corrected chi connectivity index (χ0v) is 10.4. The number of aromatic nitrogens is 1. The zero-order chi connectivity index (χ0) is 13.0. The molecule has 0 spiro atoms. The summed E-state index contributed by atoms with van der Waals surface area (Å²) in [5, 5.41) is 7.79. The van der Waals surface area contributed by atoms with Crippen LogP contribution in [0.3, 0.4) is 0 Å². The second-order valence-electron chi connectivity index (χ2n) is 4.65. The Morgan fingerprint density at radius 2 is 1.79 bits per heavy atom. The SMILES string of the molecule is CN1N=Cn2c3ccccc3c3cccc(c32)C1=O. The number of nitrogens with zero attached hydrogens (tertiary/aromatic N) is 3. The van der Waals surface area contributed by atoms with E-state index in [2.05, 4.69) is 11.2 Å². The van der Waals surface area contributed by atoms with Gasteiger partial charge < -0.3 is 0 Å². The van der Waals surface area contributed by atoms with Gasteiger partial charge in [-0.3, -0.25) is 9.36 Å². The molecule has 2 aromatic carbocycles. The molecule has 0 fully saturated rings. The van der Waals surface area contributed by atoms with Gasteiger partial charge >= 0.3 is 0 Å². The van der Waals surface area contributed by atoms with Gasteiger partial charge in [0.2, 0.25) is 0 Å². The van der Waals surface area contributed by atoms with Crippen molar-refractivity contribution in [2.24, 2.45) is 5.10 Å². The fourth-order valence-corrected chi connectivity index (χ4v) is 2.70. The number of benzene rings is 2. The van der Waals surface area contributed by atoms with E-state index in [1.54, 1.807) is 13.4 Å². The van der Waals surface area contributed by atoms with Crippen molar-refractivity contribution >= 4 is 34.1 Å². The number of hydrazone groups is 1. The largest absolute Gasteiger partial charge is 0.298 e. The highest BCUT2D eigenvalue weighted by molar-refractivity contribution is 6.18. The van der Waals surface area contributed by atoms with Crippen molar-refractivity contribution in [3.8, 4) is 0 Å². The van der Waals surface area contributed by atoms with Crippen molar-refractivity contribution in [2.75, 3.05) is 7.05 Å². The number of carbonyl (C=O) groups is 1. The number of fused-ring (bicyclic) bond motifs is 3. The topological polar surface area (TPSA) is 37.6 Å². The molecule has 19 heavy (non-hydrogen) atoms. The van der Waals surface area contributed by atoms with Crippen molar-refractivity contribution in [1.82, 2.24) is 9.58 Å². The van der Waals surface area contributed by atoms with E-state index in [-0.39, 0.29) is 5.91 Å². The summed E-state index contributed by atoms with van der Waals surface area (Å²) in [6, 6.07) is 13.9. The van der Waals surface area contributed by atoms with Crippen molar-refractivity contribution in [1.29, 1.82) is 0 Å². The minimum atomic E-state index is -0.0802. The normalized spacial score (nSPS) is 14.4. The third-order valence-electron chi connectivity index (χ3n) is 3.60. The summed E-state index contributed by atoms with van der Waals surface area (Å²) < 4.78 is 1.99. The Labute approximate surface area is 109 Å². The molecule has 0 bridgehead atoms. The van der Waals surface area contributed by atoms with Gasteiger partial charge in [-0.25, -0.2) is 5.01 Å². The second-order valence-corrected chi connectivity index (χ2v) is 4.65. The van der Waals surface area contributed by atoms with Gasteiger partial charge in [0, 0.05) is 17.8 Å². The van der Waals surface area contributed by atoms with Crippen LogP contribution in [0.1, 0.15) is 10.4 Å². The number of para-hydroxylation sites is 2. The Bertz CT molecular complexity index is 860. The average Bonchev–Trinajstić information content (AvgIpc) is 2.71. The summed E-state index contributed by atoms with van der Waals surface area (Å²) in [6.45, 7) is 0. The van der Waals surface area contributed by atoms with Crippen LogP contribution in [-0.2, 0) is 0 Å². The molecular formula is C15H11N3O. The van der Waals surface area contributed by atoms with E-state index >= 15 is 0 Å². The number of hydrogen-bond acceptors (Lipinski definition) is 2. The first kappa shape index (κ1) is 10.3. The lowest BCUT2D eigenvalue weighted by atomic mass is 10.1. The first-order chi connectivity index (χ1) is 9.27. The molecule has 0 radical (unpaired) electrons. The summed E-state index contributed by atoms with van der Waals surface area (Å²) in [7, 11) is 1.67. The smallest absolute Gasteiger partial charge is 0.275 e. The van der Waals surface area contributed by atoms with Crippen LogP contribution < -0.4 is 0 Å². The van der Waals surface area contributed by atoms with Crippen molar-refractivity contribution < 1.29 is 4.79 Å². The quantitative estimate of drug-likeness (QED) is 0.603. The lowest BCUT2D eigenvalue weighted by molar-refractivity contribution is 0.0803. The molecule has 4 rings (SSSR count). The van der Waals surface area contributed by atoms with Crippen LogP contribution in [0, 0.1) is 0 Å². The molecule has 1 amide bonds. The lowest BCUT2D eigenvalue weighted by Gasteiger charge is -2.08. The second kappa shape index (κ2) is 3.45. The van der Waals surface area contributed by atoms with E-state index in [1.165, 1.54) is 5.01 Å². The molecule has 4 nitrogen and oxygen atoms in total. The van der Waals surface area contributed by atoms with E-state index in [4.69, 9.17) is 0 Å². The van der Waals surface area contributed by atoms with Crippen molar-refractivity contribution in [3.63, 3.8) is 0 Å². The highest BCUT2D eigenvalue weighted by Crippen LogP contribution is 2.31. The molecule has 0 saturated carbocycles. The molecule has 2 heterocycles. The van der Waals surface area contributed by atoms with Crippen LogP contribution >= 0.6 is 0 Å². The molecule has 0 N–H and O–H groups in total. The van der Waals surface area contributed by atoms with Gasteiger partial charge in [-0.1, -0.05) is 30.3 Å². The van der Waals surface area contributed by atoms with Crippen LogP contribution in [0.15, 0.2) is 47.6 Å². The minimum absolute atomic E-state index is 0.0802. The molecule has 3 aromatic rings. The Kier molecular flexibility index (Phi) is 1.87. The molecule has 1 aromatic heterocycles. The molecule has 0 aliphatic carbocycles. The van der Waals surface area contributed by atoms with Crippen LogP contribution in [0.25, 0.3) is 21.8 Å². The summed E-state index contributed by atoms with van der Waals surface area (Å²) >= 11 is 0. The predicted molar refractivity (Wildman–Crippen MR) is 75.4 cm³/mol. The predicted octanol–water partition coefficient (Wildman–Crippen LogP) is 2.67. The first-order valence-corrected chi connectivity index (χ1v) is 6.11. The van der Waals surface area contributed by atoms with Gasteiger partial charge in [-0.15, -0.1) is 0 Å². The maximum Gasteiger partial charge on any atom is 0.275 e. The third kappa shape index (κ3) is 1.23. The molecule has 0 atom stereocenters. The molecule has 1 aliphatic heterocycles. The Balaban J connectivity index is 2.31. The van der Waals surface area contributed by atoms with E-state index in [0.29, 0.717) is 5.56 Å². The van der Waals surface area contributed by atoms with Crippen LogP contribution in [0.5, 0.6) is 0 Å². The zero-order valence-electron chi connectivity index (χ0n) is 10.4. The Morgan fingerprint density at radius 3 is 2.68 bits per heavy atom.